The molecule has 1 aromatic rings. The van der Waals surface area contributed by atoms with Crippen LogP contribution in [0.15, 0.2) is 10.5 Å². The molecule has 1 heterocycles. The van der Waals surface area contributed by atoms with Crippen LogP contribution >= 0.6 is 0 Å². The lowest BCUT2D eigenvalue weighted by atomic mass is 10.1. The van der Waals surface area contributed by atoms with Crippen molar-refractivity contribution in [2.75, 3.05) is 0 Å². The molecule has 1 N–H and O–H groups in total. The number of hydrogen-bond acceptors (Lipinski definition) is 3. The summed E-state index contributed by atoms with van der Waals surface area (Å²) in [6.07, 6.45) is 1.54. The minimum absolute atomic E-state index is 0.282. The summed E-state index contributed by atoms with van der Waals surface area (Å²) in [6.45, 7) is 6.78. The van der Waals surface area contributed by atoms with E-state index in [1.165, 1.54) is 5.56 Å². The maximum absolute atomic E-state index is 8.62. The summed E-state index contributed by atoms with van der Waals surface area (Å²) < 4.78 is 5.44. The molecule has 0 radical (unpaired) electrons. The summed E-state index contributed by atoms with van der Waals surface area (Å²) in [5.74, 6) is 1.91. The first-order valence-electron chi connectivity index (χ1n) is 5.33. The van der Waals surface area contributed by atoms with Gasteiger partial charge < -0.3 is 9.73 Å². The monoisotopic (exact) mass is 206 g/mol. The Morgan fingerprint density at radius 1 is 1.53 bits per heavy atom. The molecule has 3 heteroatoms. The van der Waals surface area contributed by atoms with Gasteiger partial charge in [0.2, 0.25) is 0 Å². The number of aryl methyl sites for hydroxylation is 2. The first-order chi connectivity index (χ1) is 7.17. The van der Waals surface area contributed by atoms with Crippen molar-refractivity contribution in [1.82, 2.24) is 5.32 Å². The summed E-state index contributed by atoms with van der Waals surface area (Å²) in [6, 6.07) is 4.51. The number of nitriles is 1. The normalized spacial score (nSPS) is 12.4. The minimum atomic E-state index is 0.282. The van der Waals surface area contributed by atoms with E-state index in [0.29, 0.717) is 6.42 Å². The van der Waals surface area contributed by atoms with Crippen molar-refractivity contribution in [2.24, 2.45) is 0 Å². The van der Waals surface area contributed by atoms with Gasteiger partial charge in [0.25, 0.3) is 0 Å². The van der Waals surface area contributed by atoms with Crippen LogP contribution < -0.4 is 5.32 Å². The fraction of sp³-hybridized carbons (Fsp3) is 0.583. The number of furan rings is 1. The Labute approximate surface area is 91.1 Å². The van der Waals surface area contributed by atoms with Gasteiger partial charge in [-0.05, 0) is 26.3 Å². The molecule has 1 atom stereocenters. The maximum atomic E-state index is 8.62. The molecular formula is C12H18N2O. The predicted molar refractivity (Wildman–Crippen MR) is 59.3 cm³/mol. The highest BCUT2D eigenvalue weighted by Gasteiger charge is 2.08. The molecule has 82 valence electrons. The van der Waals surface area contributed by atoms with Crippen LogP contribution in [0, 0.1) is 25.2 Å². The molecule has 0 amide bonds. The Balaban J connectivity index is 2.49. The summed E-state index contributed by atoms with van der Waals surface area (Å²) in [4.78, 5) is 0. The Morgan fingerprint density at radius 2 is 2.27 bits per heavy atom. The molecular weight excluding hydrogens is 188 g/mol. The summed E-state index contributed by atoms with van der Waals surface area (Å²) in [5, 5.41) is 12.0. The lowest BCUT2D eigenvalue weighted by Crippen LogP contribution is -2.27. The van der Waals surface area contributed by atoms with Crippen LogP contribution in [0.4, 0.5) is 0 Å². The molecule has 1 aromatic heterocycles. The van der Waals surface area contributed by atoms with Gasteiger partial charge in [-0.15, -0.1) is 0 Å². The molecule has 1 rings (SSSR count). The summed E-state index contributed by atoms with van der Waals surface area (Å²) >= 11 is 0. The molecule has 3 nitrogen and oxygen atoms in total. The van der Waals surface area contributed by atoms with E-state index in [-0.39, 0.29) is 6.04 Å². The second-order valence-corrected chi connectivity index (χ2v) is 3.79. The second-order valence-electron chi connectivity index (χ2n) is 3.79. The van der Waals surface area contributed by atoms with Crippen molar-refractivity contribution >= 4 is 0 Å². The van der Waals surface area contributed by atoms with Gasteiger partial charge in [0.05, 0.1) is 12.5 Å². The maximum Gasteiger partial charge on any atom is 0.105 e. The standard InChI is InChI=1S/C12H18N2O/c1-4-12(5-6-13)14-8-11-7-9(2)15-10(11)3/h7,12,14H,4-5,8H2,1-3H3. The van der Waals surface area contributed by atoms with Gasteiger partial charge >= 0.3 is 0 Å². The molecule has 15 heavy (non-hydrogen) atoms. The Morgan fingerprint density at radius 3 is 2.73 bits per heavy atom. The van der Waals surface area contributed by atoms with E-state index in [2.05, 4.69) is 18.3 Å². The van der Waals surface area contributed by atoms with Gasteiger partial charge in [0.15, 0.2) is 0 Å². The van der Waals surface area contributed by atoms with Gasteiger partial charge in [0.1, 0.15) is 11.5 Å². The average molecular weight is 206 g/mol. The third-order valence-electron chi connectivity index (χ3n) is 2.56. The third kappa shape index (κ3) is 3.41. The van der Waals surface area contributed by atoms with Gasteiger partial charge in [-0.2, -0.15) is 5.26 Å². The van der Waals surface area contributed by atoms with Gasteiger partial charge in [0, 0.05) is 18.2 Å². The molecule has 0 saturated heterocycles. The lowest BCUT2D eigenvalue weighted by molar-refractivity contribution is 0.483. The van der Waals surface area contributed by atoms with E-state index in [1.807, 2.05) is 19.9 Å². The summed E-state index contributed by atoms with van der Waals surface area (Å²) in [7, 11) is 0. The van der Waals surface area contributed by atoms with Crippen LogP contribution in [-0.2, 0) is 6.54 Å². The molecule has 0 aliphatic heterocycles. The van der Waals surface area contributed by atoms with Gasteiger partial charge in [-0.1, -0.05) is 6.92 Å². The van der Waals surface area contributed by atoms with Crippen molar-refractivity contribution in [3.63, 3.8) is 0 Å². The fourth-order valence-electron chi connectivity index (χ4n) is 1.58. The van der Waals surface area contributed by atoms with E-state index >= 15 is 0 Å². The van der Waals surface area contributed by atoms with Crippen LogP contribution in [0.3, 0.4) is 0 Å². The van der Waals surface area contributed by atoms with Crippen molar-refractivity contribution in [1.29, 1.82) is 5.26 Å². The van der Waals surface area contributed by atoms with Crippen LogP contribution in [0.1, 0.15) is 36.8 Å². The smallest absolute Gasteiger partial charge is 0.105 e. The number of rotatable bonds is 5. The number of nitrogens with one attached hydrogen (secondary N) is 1. The SMILES string of the molecule is CCC(CC#N)NCc1cc(C)oc1C. The first kappa shape index (κ1) is 11.8. The molecule has 0 aromatic carbocycles. The average Bonchev–Trinajstić information content (AvgIpc) is 2.52. The van der Waals surface area contributed by atoms with Crippen molar-refractivity contribution < 1.29 is 4.42 Å². The van der Waals surface area contributed by atoms with Gasteiger partial charge in [-0.3, -0.25) is 0 Å². The van der Waals surface area contributed by atoms with E-state index < -0.39 is 0 Å². The van der Waals surface area contributed by atoms with E-state index in [9.17, 15) is 0 Å². The van der Waals surface area contributed by atoms with Crippen LogP contribution in [0.25, 0.3) is 0 Å². The van der Waals surface area contributed by atoms with Crippen LogP contribution in [0.5, 0.6) is 0 Å². The predicted octanol–water partition coefficient (Wildman–Crippen LogP) is 2.68. The number of hydrogen-bond donors (Lipinski definition) is 1. The third-order valence-corrected chi connectivity index (χ3v) is 2.56. The fourth-order valence-corrected chi connectivity index (χ4v) is 1.58. The topological polar surface area (TPSA) is 49.0 Å². The zero-order chi connectivity index (χ0) is 11.3. The highest BCUT2D eigenvalue weighted by atomic mass is 16.3. The molecule has 1 unspecified atom stereocenters. The Kier molecular flexibility index (Phi) is 4.38. The molecule has 0 aliphatic rings. The van der Waals surface area contributed by atoms with E-state index in [0.717, 1.165) is 24.5 Å². The van der Waals surface area contributed by atoms with Crippen molar-refractivity contribution in [3.8, 4) is 6.07 Å². The quantitative estimate of drug-likeness (QED) is 0.805. The highest BCUT2D eigenvalue weighted by Crippen LogP contribution is 2.13. The van der Waals surface area contributed by atoms with Crippen molar-refractivity contribution in [2.45, 2.75) is 46.2 Å². The summed E-state index contributed by atoms with van der Waals surface area (Å²) in [5.41, 5.74) is 1.18. The Hall–Kier alpha value is -1.27. The molecule has 0 fully saturated rings. The van der Waals surface area contributed by atoms with Crippen molar-refractivity contribution in [3.05, 3.63) is 23.2 Å². The highest BCUT2D eigenvalue weighted by molar-refractivity contribution is 5.19. The largest absolute Gasteiger partial charge is 0.466 e. The number of nitrogens with zero attached hydrogens (tertiary/aromatic N) is 1. The molecule has 0 aliphatic carbocycles. The second kappa shape index (κ2) is 5.57. The van der Waals surface area contributed by atoms with E-state index in [4.69, 9.17) is 9.68 Å². The molecule has 0 bridgehead atoms. The zero-order valence-electron chi connectivity index (χ0n) is 9.63. The first-order valence-corrected chi connectivity index (χ1v) is 5.33. The lowest BCUT2D eigenvalue weighted by Gasteiger charge is -2.12. The molecule has 0 saturated carbocycles. The zero-order valence-corrected chi connectivity index (χ0v) is 9.63. The van der Waals surface area contributed by atoms with Crippen LogP contribution in [-0.4, -0.2) is 6.04 Å². The van der Waals surface area contributed by atoms with E-state index in [1.54, 1.807) is 0 Å². The molecule has 0 spiro atoms. The minimum Gasteiger partial charge on any atom is -0.466 e. The van der Waals surface area contributed by atoms with Crippen LogP contribution in [0.2, 0.25) is 0 Å². The Bertz CT molecular complexity index is 349. The van der Waals surface area contributed by atoms with Gasteiger partial charge in [-0.25, -0.2) is 0 Å².